The minimum atomic E-state index is -0.799. The van der Waals surface area contributed by atoms with E-state index in [1.54, 1.807) is 18.7 Å². The summed E-state index contributed by atoms with van der Waals surface area (Å²) in [7, 11) is 0. The topological polar surface area (TPSA) is 49.3 Å². The summed E-state index contributed by atoms with van der Waals surface area (Å²) < 4.78 is 0.101. The molecule has 0 aromatic rings. The van der Waals surface area contributed by atoms with Crippen LogP contribution in [0.5, 0.6) is 0 Å². The molecule has 0 rings (SSSR count). The van der Waals surface area contributed by atoms with Gasteiger partial charge < -0.3 is 10.4 Å². The van der Waals surface area contributed by atoms with E-state index < -0.39 is 12.0 Å². The number of carboxylic acid groups (broad SMARTS) is 1. The van der Waals surface area contributed by atoms with E-state index in [9.17, 15) is 4.79 Å². The number of aliphatic carboxylic acids is 1. The van der Waals surface area contributed by atoms with Crippen LogP contribution in [0.3, 0.4) is 0 Å². The summed E-state index contributed by atoms with van der Waals surface area (Å²) in [6.45, 7) is 6.53. The Morgan fingerprint density at radius 1 is 1.67 bits per heavy atom. The molecule has 0 aromatic heterocycles. The van der Waals surface area contributed by atoms with E-state index in [2.05, 4.69) is 19.2 Å². The fourth-order valence-electron chi connectivity index (χ4n) is 0.558. The number of carboxylic acids is 1. The van der Waals surface area contributed by atoms with Gasteiger partial charge in [-0.3, -0.25) is 4.79 Å². The third-order valence-corrected chi connectivity index (χ3v) is 3.01. The Kier molecular flexibility index (Phi) is 4.63. The van der Waals surface area contributed by atoms with E-state index >= 15 is 0 Å². The molecule has 3 nitrogen and oxygen atoms in total. The van der Waals surface area contributed by atoms with Gasteiger partial charge in [0.15, 0.2) is 0 Å². The highest BCUT2D eigenvalue weighted by Crippen LogP contribution is 2.19. The summed E-state index contributed by atoms with van der Waals surface area (Å²) in [5.74, 6) is -0.799. The maximum absolute atomic E-state index is 10.4. The molecule has 1 atom stereocenters. The zero-order valence-corrected chi connectivity index (χ0v) is 8.86. The Balaban J connectivity index is 3.75. The number of hydrogen-bond acceptors (Lipinski definition) is 3. The highest BCUT2D eigenvalue weighted by atomic mass is 32.2. The number of carbonyl (C=O) groups is 1. The van der Waals surface area contributed by atoms with Gasteiger partial charge in [-0.1, -0.05) is 0 Å². The second-order valence-corrected chi connectivity index (χ2v) is 4.92. The van der Waals surface area contributed by atoms with Crippen molar-refractivity contribution >= 4 is 17.7 Å². The molecule has 0 radical (unpaired) electrons. The van der Waals surface area contributed by atoms with Crippen molar-refractivity contribution < 1.29 is 9.90 Å². The summed E-state index contributed by atoms with van der Waals surface area (Å²) in [6, 6.07) is -0.462. The Morgan fingerprint density at radius 3 is 2.50 bits per heavy atom. The summed E-state index contributed by atoms with van der Waals surface area (Å²) in [5, 5.41) is 11.5. The second-order valence-electron chi connectivity index (χ2n) is 3.40. The molecule has 0 saturated carbocycles. The SMILES string of the molecule is CSC(C)(C)CNC(C)C(=O)O. The first-order chi connectivity index (χ1) is 5.39. The van der Waals surface area contributed by atoms with Crippen LogP contribution in [-0.2, 0) is 4.79 Å². The van der Waals surface area contributed by atoms with Crippen LogP contribution in [0.1, 0.15) is 20.8 Å². The van der Waals surface area contributed by atoms with Gasteiger partial charge in [-0.25, -0.2) is 0 Å². The van der Waals surface area contributed by atoms with Crippen molar-refractivity contribution in [2.24, 2.45) is 0 Å². The third kappa shape index (κ3) is 4.62. The lowest BCUT2D eigenvalue weighted by molar-refractivity contribution is -0.139. The minimum absolute atomic E-state index is 0.101. The van der Waals surface area contributed by atoms with Crippen LogP contribution in [0.25, 0.3) is 0 Å². The second kappa shape index (κ2) is 4.72. The molecule has 0 spiro atoms. The first-order valence-corrected chi connectivity index (χ1v) is 5.13. The summed E-state index contributed by atoms with van der Waals surface area (Å²) in [5.41, 5.74) is 0. The average molecular weight is 191 g/mol. The lowest BCUT2D eigenvalue weighted by atomic mass is 10.2. The lowest BCUT2D eigenvalue weighted by Crippen LogP contribution is -2.41. The molecule has 0 fully saturated rings. The van der Waals surface area contributed by atoms with Crippen LogP contribution in [0.4, 0.5) is 0 Å². The van der Waals surface area contributed by atoms with Gasteiger partial charge in [0.1, 0.15) is 6.04 Å². The van der Waals surface area contributed by atoms with Gasteiger partial charge in [0.25, 0.3) is 0 Å². The molecule has 0 aromatic carbocycles. The Hall–Kier alpha value is -0.220. The van der Waals surface area contributed by atoms with Crippen molar-refractivity contribution in [2.75, 3.05) is 12.8 Å². The minimum Gasteiger partial charge on any atom is -0.480 e. The summed E-state index contributed by atoms with van der Waals surface area (Å²) in [6.07, 6.45) is 2.02. The van der Waals surface area contributed by atoms with E-state index in [4.69, 9.17) is 5.11 Å². The molecule has 72 valence electrons. The quantitative estimate of drug-likeness (QED) is 0.685. The van der Waals surface area contributed by atoms with Crippen LogP contribution in [0, 0.1) is 0 Å². The Bertz CT molecular complexity index is 159. The number of rotatable bonds is 5. The molecule has 0 aliphatic heterocycles. The van der Waals surface area contributed by atoms with Gasteiger partial charge in [-0.2, -0.15) is 11.8 Å². The summed E-state index contributed by atoms with van der Waals surface area (Å²) >= 11 is 1.73. The van der Waals surface area contributed by atoms with Crippen LogP contribution in [-0.4, -0.2) is 34.7 Å². The van der Waals surface area contributed by atoms with Gasteiger partial charge in [-0.05, 0) is 27.0 Å². The summed E-state index contributed by atoms with van der Waals surface area (Å²) in [4.78, 5) is 10.4. The van der Waals surface area contributed by atoms with Crippen LogP contribution in [0.2, 0.25) is 0 Å². The molecule has 12 heavy (non-hydrogen) atoms. The molecule has 4 heteroatoms. The molecular weight excluding hydrogens is 174 g/mol. The Morgan fingerprint density at radius 2 is 2.17 bits per heavy atom. The monoisotopic (exact) mass is 191 g/mol. The first-order valence-electron chi connectivity index (χ1n) is 3.90. The van der Waals surface area contributed by atoms with Crippen molar-refractivity contribution in [1.82, 2.24) is 5.32 Å². The van der Waals surface area contributed by atoms with Gasteiger partial charge >= 0.3 is 5.97 Å². The smallest absolute Gasteiger partial charge is 0.320 e. The van der Waals surface area contributed by atoms with Gasteiger partial charge in [0, 0.05) is 11.3 Å². The highest BCUT2D eigenvalue weighted by molar-refractivity contribution is 7.99. The van der Waals surface area contributed by atoms with Gasteiger partial charge in [0.05, 0.1) is 0 Å². The molecule has 0 saturated heterocycles. The van der Waals surface area contributed by atoms with Crippen molar-refractivity contribution in [3.63, 3.8) is 0 Å². The van der Waals surface area contributed by atoms with E-state index in [0.717, 1.165) is 0 Å². The molecule has 2 N–H and O–H groups in total. The lowest BCUT2D eigenvalue weighted by Gasteiger charge is -2.23. The van der Waals surface area contributed by atoms with Crippen molar-refractivity contribution in [1.29, 1.82) is 0 Å². The number of nitrogens with one attached hydrogen (secondary N) is 1. The molecule has 0 heterocycles. The van der Waals surface area contributed by atoms with E-state index in [1.165, 1.54) is 0 Å². The molecule has 0 bridgehead atoms. The van der Waals surface area contributed by atoms with Gasteiger partial charge in [0.2, 0.25) is 0 Å². The van der Waals surface area contributed by atoms with E-state index in [1.807, 2.05) is 6.26 Å². The fraction of sp³-hybridized carbons (Fsp3) is 0.875. The molecule has 0 aliphatic rings. The largest absolute Gasteiger partial charge is 0.480 e. The third-order valence-electron chi connectivity index (χ3n) is 1.76. The van der Waals surface area contributed by atoms with Crippen molar-refractivity contribution in [3.05, 3.63) is 0 Å². The number of thioether (sulfide) groups is 1. The molecule has 1 unspecified atom stereocenters. The van der Waals surface area contributed by atoms with Crippen molar-refractivity contribution in [2.45, 2.75) is 31.6 Å². The van der Waals surface area contributed by atoms with Gasteiger partial charge in [-0.15, -0.1) is 0 Å². The predicted octanol–water partition coefficient (Wildman–Crippen LogP) is 1.19. The first kappa shape index (κ1) is 11.8. The zero-order chi connectivity index (χ0) is 9.78. The maximum atomic E-state index is 10.4. The standard InChI is InChI=1S/C8H17NO2S/c1-6(7(10)11)9-5-8(2,3)12-4/h6,9H,5H2,1-4H3,(H,10,11). The molecule has 0 amide bonds. The maximum Gasteiger partial charge on any atom is 0.320 e. The highest BCUT2D eigenvalue weighted by Gasteiger charge is 2.18. The molecular formula is C8H17NO2S. The van der Waals surface area contributed by atoms with Crippen LogP contribution < -0.4 is 5.32 Å². The van der Waals surface area contributed by atoms with Crippen molar-refractivity contribution in [3.8, 4) is 0 Å². The Labute approximate surface area is 77.9 Å². The molecule has 0 aliphatic carbocycles. The van der Waals surface area contributed by atoms with E-state index in [-0.39, 0.29) is 4.75 Å². The normalized spacial score (nSPS) is 14.3. The van der Waals surface area contributed by atoms with Crippen LogP contribution in [0.15, 0.2) is 0 Å². The number of hydrogen-bond donors (Lipinski definition) is 2. The fourth-order valence-corrected chi connectivity index (χ4v) is 0.786. The predicted molar refractivity (Wildman–Crippen MR) is 52.7 cm³/mol. The van der Waals surface area contributed by atoms with Crippen LogP contribution >= 0.6 is 11.8 Å². The zero-order valence-electron chi connectivity index (χ0n) is 8.05. The average Bonchev–Trinajstić information content (AvgIpc) is 2.00. The van der Waals surface area contributed by atoms with E-state index in [0.29, 0.717) is 6.54 Å².